The van der Waals surface area contributed by atoms with Crippen molar-refractivity contribution in [1.82, 2.24) is 20.4 Å². The number of nitrogens with zero attached hydrogens (tertiary/aromatic N) is 3. The molecule has 2 aromatic carbocycles. The molecule has 1 aromatic heterocycles. The third kappa shape index (κ3) is 4.66. The van der Waals surface area contributed by atoms with E-state index in [1.807, 2.05) is 37.3 Å². The number of aromatic nitrogens is 2. The predicted octanol–water partition coefficient (Wildman–Crippen LogP) is 6.59. The predicted molar refractivity (Wildman–Crippen MR) is 126 cm³/mol. The van der Waals surface area contributed by atoms with E-state index >= 15 is 0 Å². The molecule has 0 saturated heterocycles. The number of allylic oxidation sites excluding steroid dienone is 1. The minimum atomic E-state index is -0.463. The van der Waals surface area contributed by atoms with E-state index in [-0.39, 0.29) is 6.03 Å². The van der Waals surface area contributed by atoms with Crippen LogP contribution in [0.4, 0.5) is 4.79 Å². The molecule has 1 unspecified atom stereocenters. The molecule has 4 rings (SSSR count). The molecule has 0 spiro atoms. The lowest BCUT2D eigenvalue weighted by Gasteiger charge is -2.35. The SMILES string of the molecule is CC1=C(c2nc(-c3ccc(Cl)cc3)no2)C(c2cccc(Cl)c2)NC(=O)N1CCC(C)C. The van der Waals surface area contributed by atoms with Gasteiger partial charge in [-0.25, -0.2) is 4.79 Å². The lowest BCUT2D eigenvalue weighted by atomic mass is 9.94. The molecule has 0 fully saturated rings. The van der Waals surface area contributed by atoms with E-state index in [0.29, 0.717) is 34.2 Å². The van der Waals surface area contributed by atoms with E-state index in [2.05, 4.69) is 29.3 Å². The molecule has 0 saturated carbocycles. The first-order valence-electron chi connectivity index (χ1n) is 10.5. The van der Waals surface area contributed by atoms with Gasteiger partial charge in [-0.1, -0.05) is 54.3 Å². The molecule has 1 atom stereocenters. The Morgan fingerprint density at radius 3 is 2.56 bits per heavy atom. The van der Waals surface area contributed by atoms with E-state index in [9.17, 15) is 4.79 Å². The van der Waals surface area contributed by atoms with Gasteiger partial charge in [-0.05, 0) is 61.2 Å². The van der Waals surface area contributed by atoms with Crippen LogP contribution in [0.3, 0.4) is 0 Å². The summed E-state index contributed by atoms with van der Waals surface area (Å²) in [5, 5.41) is 8.48. The highest BCUT2D eigenvalue weighted by molar-refractivity contribution is 6.30. The van der Waals surface area contributed by atoms with Gasteiger partial charge in [0, 0.05) is 27.9 Å². The normalized spacial score (nSPS) is 16.6. The number of carbonyl (C=O) groups excluding carboxylic acids is 1. The van der Waals surface area contributed by atoms with E-state index < -0.39 is 6.04 Å². The molecular weight excluding hydrogens is 447 g/mol. The van der Waals surface area contributed by atoms with Gasteiger partial charge >= 0.3 is 6.03 Å². The van der Waals surface area contributed by atoms with Gasteiger partial charge in [0.05, 0.1) is 11.6 Å². The standard InChI is InChI=1S/C24H24Cl2N4O2/c1-14(2)11-12-30-15(3)20(21(27-24(30)31)17-5-4-6-19(26)13-17)23-28-22(29-32-23)16-7-9-18(25)10-8-16/h4-10,13-14,21H,11-12H2,1-3H3,(H,27,31). The molecule has 1 N–H and O–H groups in total. The van der Waals surface area contributed by atoms with Crippen molar-refractivity contribution >= 4 is 34.8 Å². The van der Waals surface area contributed by atoms with Gasteiger partial charge in [-0.2, -0.15) is 4.98 Å². The maximum atomic E-state index is 13.0. The summed E-state index contributed by atoms with van der Waals surface area (Å²) >= 11 is 12.2. The molecule has 0 radical (unpaired) electrons. The average Bonchev–Trinajstić information content (AvgIpc) is 3.23. The van der Waals surface area contributed by atoms with Crippen molar-refractivity contribution in [1.29, 1.82) is 0 Å². The quantitative estimate of drug-likeness (QED) is 0.441. The van der Waals surface area contributed by atoms with Crippen LogP contribution in [0.1, 0.15) is 44.7 Å². The third-order valence-electron chi connectivity index (χ3n) is 5.47. The van der Waals surface area contributed by atoms with E-state index in [0.717, 1.165) is 28.8 Å². The molecule has 1 aliphatic rings. The van der Waals surface area contributed by atoms with Gasteiger partial charge < -0.3 is 9.84 Å². The number of halogens is 2. The van der Waals surface area contributed by atoms with Gasteiger partial charge in [-0.15, -0.1) is 0 Å². The van der Waals surface area contributed by atoms with Crippen molar-refractivity contribution in [2.45, 2.75) is 33.2 Å². The van der Waals surface area contributed by atoms with Crippen molar-refractivity contribution in [3.8, 4) is 11.4 Å². The maximum absolute atomic E-state index is 13.0. The Labute approximate surface area is 197 Å². The van der Waals surface area contributed by atoms with Gasteiger partial charge in [0.15, 0.2) is 0 Å². The Balaban J connectivity index is 1.79. The van der Waals surface area contributed by atoms with Crippen LogP contribution in [0.2, 0.25) is 10.0 Å². The molecule has 0 bridgehead atoms. The summed E-state index contributed by atoms with van der Waals surface area (Å²) in [4.78, 5) is 19.4. The molecule has 8 heteroatoms. The molecule has 32 heavy (non-hydrogen) atoms. The molecule has 3 aromatic rings. The van der Waals surface area contributed by atoms with E-state index in [1.165, 1.54) is 0 Å². The number of hydrogen-bond acceptors (Lipinski definition) is 4. The zero-order valence-corrected chi connectivity index (χ0v) is 19.6. The second kappa shape index (κ2) is 9.35. The van der Waals surface area contributed by atoms with Crippen molar-refractivity contribution < 1.29 is 9.32 Å². The second-order valence-corrected chi connectivity index (χ2v) is 9.07. The van der Waals surface area contributed by atoms with Crippen LogP contribution in [-0.4, -0.2) is 27.6 Å². The molecule has 6 nitrogen and oxygen atoms in total. The summed E-state index contributed by atoms with van der Waals surface area (Å²) in [6.45, 7) is 6.78. The molecule has 0 aliphatic carbocycles. The number of nitrogens with one attached hydrogen (secondary N) is 1. The molecule has 166 valence electrons. The van der Waals surface area contributed by atoms with Crippen LogP contribution >= 0.6 is 23.2 Å². The first-order chi connectivity index (χ1) is 15.3. The fourth-order valence-corrected chi connectivity index (χ4v) is 4.02. The summed E-state index contributed by atoms with van der Waals surface area (Å²) in [5.74, 6) is 1.27. The molecular formula is C24H24Cl2N4O2. The van der Waals surface area contributed by atoms with Crippen molar-refractivity contribution in [2.75, 3.05) is 6.54 Å². The zero-order valence-electron chi connectivity index (χ0n) is 18.1. The number of hydrogen-bond donors (Lipinski definition) is 1. The smallest absolute Gasteiger partial charge is 0.322 e. The Morgan fingerprint density at radius 2 is 1.88 bits per heavy atom. The minimum absolute atomic E-state index is 0.158. The largest absolute Gasteiger partial charge is 0.334 e. The topological polar surface area (TPSA) is 71.3 Å². The van der Waals surface area contributed by atoms with Crippen LogP contribution in [0.5, 0.6) is 0 Å². The monoisotopic (exact) mass is 470 g/mol. The molecule has 2 amide bonds. The fourth-order valence-electron chi connectivity index (χ4n) is 3.70. The number of carbonyl (C=O) groups is 1. The Morgan fingerprint density at radius 1 is 1.12 bits per heavy atom. The first kappa shape index (κ1) is 22.4. The van der Waals surface area contributed by atoms with Crippen molar-refractivity contribution in [3.05, 3.63) is 75.7 Å². The third-order valence-corrected chi connectivity index (χ3v) is 5.95. The summed E-state index contributed by atoms with van der Waals surface area (Å²) in [6.07, 6.45) is 0.875. The highest BCUT2D eigenvalue weighted by Gasteiger charge is 2.35. The highest BCUT2D eigenvalue weighted by atomic mass is 35.5. The lowest BCUT2D eigenvalue weighted by molar-refractivity contribution is 0.202. The minimum Gasteiger partial charge on any atom is -0.334 e. The summed E-state index contributed by atoms with van der Waals surface area (Å²) < 4.78 is 5.69. The van der Waals surface area contributed by atoms with E-state index in [4.69, 9.17) is 27.7 Å². The van der Waals surface area contributed by atoms with Crippen LogP contribution in [0, 0.1) is 5.92 Å². The van der Waals surface area contributed by atoms with Gasteiger partial charge in [0.1, 0.15) is 0 Å². The van der Waals surface area contributed by atoms with Crippen LogP contribution < -0.4 is 5.32 Å². The zero-order chi connectivity index (χ0) is 22.8. The maximum Gasteiger partial charge on any atom is 0.322 e. The number of urea groups is 1. The Bertz CT molecular complexity index is 1150. The second-order valence-electron chi connectivity index (χ2n) is 8.20. The number of amides is 2. The fraction of sp³-hybridized carbons (Fsp3) is 0.292. The molecule has 2 heterocycles. The summed E-state index contributed by atoms with van der Waals surface area (Å²) in [7, 11) is 0. The van der Waals surface area contributed by atoms with Crippen LogP contribution in [0.25, 0.3) is 17.0 Å². The van der Waals surface area contributed by atoms with Crippen LogP contribution in [-0.2, 0) is 0 Å². The summed E-state index contributed by atoms with van der Waals surface area (Å²) in [6, 6.07) is 14.0. The Hall–Kier alpha value is -2.83. The van der Waals surface area contributed by atoms with E-state index in [1.54, 1.807) is 23.1 Å². The Kier molecular flexibility index (Phi) is 6.53. The lowest BCUT2D eigenvalue weighted by Crippen LogP contribution is -2.46. The van der Waals surface area contributed by atoms with Gasteiger partial charge in [0.25, 0.3) is 5.89 Å². The van der Waals surface area contributed by atoms with Gasteiger partial charge in [0.2, 0.25) is 5.82 Å². The van der Waals surface area contributed by atoms with Crippen molar-refractivity contribution in [3.63, 3.8) is 0 Å². The summed E-state index contributed by atoms with van der Waals surface area (Å²) in [5.41, 5.74) is 3.17. The first-order valence-corrected chi connectivity index (χ1v) is 11.2. The number of benzene rings is 2. The van der Waals surface area contributed by atoms with Crippen LogP contribution in [0.15, 0.2) is 58.8 Å². The van der Waals surface area contributed by atoms with Crippen molar-refractivity contribution in [2.24, 2.45) is 5.92 Å². The average molecular weight is 471 g/mol. The molecule has 1 aliphatic heterocycles. The highest BCUT2D eigenvalue weighted by Crippen LogP contribution is 2.38. The van der Waals surface area contributed by atoms with Gasteiger partial charge in [-0.3, -0.25) is 4.90 Å². The number of rotatable bonds is 6.